The van der Waals surface area contributed by atoms with Crippen LogP contribution in [0.15, 0.2) is 30.3 Å². The molecule has 0 radical (unpaired) electrons. The molecule has 2 saturated carbocycles. The summed E-state index contributed by atoms with van der Waals surface area (Å²) < 4.78 is 5.62. The molecule has 120 valence electrons. The summed E-state index contributed by atoms with van der Waals surface area (Å²) in [5.41, 5.74) is 0. The Labute approximate surface area is 133 Å². The maximum Gasteiger partial charge on any atom is 0.220 e. The minimum atomic E-state index is 0.173. The fraction of sp³-hybridized carbons (Fsp3) is 0.632. The van der Waals surface area contributed by atoms with Crippen LogP contribution in [0.3, 0.4) is 0 Å². The van der Waals surface area contributed by atoms with Crippen molar-refractivity contribution in [1.82, 2.24) is 5.32 Å². The smallest absolute Gasteiger partial charge is 0.220 e. The van der Waals surface area contributed by atoms with Crippen LogP contribution in [0, 0.1) is 17.8 Å². The molecule has 0 aromatic heterocycles. The maximum absolute atomic E-state index is 12.1. The minimum Gasteiger partial charge on any atom is -0.494 e. The fourth-order valence-electron chi connectivity index (χ4n) is 4.28. The van der Waals surface area contributed by atoms with Crippen molar-refractivity contribution in [2.75, 3.05) is 6.61 Å². The zero-order valence-corrected chi connectivity index (χ0v) is 13.5. The molecule has 1 aromatic carbocycles. The molecule has 1 aromatic rings. The molecule has 3 rings (SSSR count). The largest absolute Gasteiger partial charge is 0.494 e. The Kier molecular flexibility index (Phi) is 5.01. The van der Waals surface area contributed by atoms with Crippen LogP contribution < -0.4 is 10.1 Å². The van der Waals surface area contributed by atoms with Gasteiger partial charge in [-0.25, -0.2) is 0 Å². The number of hydrogen-bond acceptors (Lipinski definition) is 2. The van der Waals surface area contributed by atoms with Crippen molar-refractivity contribution < 1.29 is 9.53 Å². The number of carbonyl (C=O) groups excluding carboxylic acids is 1. The lowest BCUT2D eigenvalue weighted by Crippen LogP contribution is -2.40. The van der Waals surface area contributed by atoms with Gasteiger partial charge in [0.1, 0.15) is 5.75 Å². The minimum absolute atomic E-state index is 0.173. The highest BCUT2D eigenvalue weighted by Crippen LogP contribution is 2.49. The monoisotopic (exact) mass is 301 g/mol. The Balaban J connectivity index is 1.32. The molecule has 0 aliphatic heterocycles. The highest BCUT2D eigenvalue weighted by molar-refractivity contribution is 5.76. The van der Waals surface area contributed by atoms with Gasteiger partial charge in [0.15, 0.2) is 0 Å². The van der Waals surface area contributed by atoms with E-state index in [4.69, 9.17) is 4.74 Å². The average Bonchev–Trinajstić information content (AvgIpc) is 3.15. The molecule has 3 heteroatoms. The highest BCUT2D eigenvalue weighted by Gasteiger charge is 2.41. The SMILES string of the molecule is C[C@@H](NC(=O)CCCOc1ccccc1)[C@H]1C[C@@H]2CC[C@@H]1C2. The van der Waals surface area contributed by atoms with Crippen molar-refractivity contribution >= 4 is 5.91 Å². The van der Waals surface area contributed by atoms with Crippen LogP contribution in [0.25, 0.3) is 0 Å². The Morgan fingerprint density at radius 1 is 1.27 bits per heavy atom. The topological polar surface area (TPSA) is 38.3 Å². The van der Waals surface area contributed by atoms with Crippen LogP contribution in [0.1, 0.15) is 45.4 Å². The Morgan fingerprint density at radius 2 is 2.09 bits per heavy atom. The summed E-state index contributed by atoms with van der Waals surface area (Å²) in [6.07, 6.45) is 6.83. The normalized spacial score (nSPS) is 27.6. The van der Waals surface area contributed by atoms with Gasteiger partial charge in [-0.3, -0.25) is 4.79 Å². The first kappa shape index (κ1) is 15.4. The van der Waals surface area contributed by atoms with Gasteiger partial charge in [0.05, 0.1) is 6.61 Å². The third kappa shape index (κ3) is 3.82. The lowest BCUT2D eigenvalue weighted by atomic mass is 9.84. The van der Waals surface area contributed by atoms with Crippen molar-refractivity contribution in [3.8, 4) is 5.75 Å². The molecular weight excluding hydrogens is 274 g/mol. The van der Waals surface area contributed by atoms with Crippen molar-refractivity contribution in [1.29, 1.82) is 0 Å². The van der Waals surface area contributed by atoms with E-state index in [-0.39, 0.29) is 5.91 Å². The quantitative estimate of drug-likeness (QED) is 0.778. The number of para-hydroxylation sites is 1. The third-order valence-corrected chi connectivity index (χ3v) is 5.38. The van der Waals surface area contributed by atoms with E-state index in [0.29, 0.717) is 25.0 Å². The van der Waals surface area contributed by atoms with Crippen LogP contribution in [-0.2, 0) is 4.79 Å². The van der Waals surface area contributed by atoms with Gasteiger partial charge < -0.3 is 10.1 Å². The summed E-state index contributed by atoms with van der Waals surface area (Å²) in [5.74, 6) is 3.56. The summed E-state index contributed by atoms with van der Waals surface area (Å²) >= 11 is 0. The molecule has 2 fully saturated rings. The molecular formula is C19H27NO2. The second-order valence-electron chi connectivity index (χ2n) is 6.96. The van der Waals surface area contributed by atoms with E-state index in [9.17, 15) is 4.79 Å². The van der Waals surface area contributed by atoms with Crippen LogP contribution in [0.2, 0.25) is 0 Å². The Morgan fingerprint density at radius 3 is 2.77 bits per heavy atom. The molecule has 0 saturated heterocycles. The number of carbonyl (C=O) groups is 1. The van der Waals surface area contributed by atoms with Crippen molar-refractivity contribution in [3.63, 3.8) is 0 Å². The predicted molar refractivity (Wildman–Crippen MR) is 87.7 cm³/mol. The standard InChI is InChI=1S/C19H27NO2/c1-14(18-13-15-9-10-16(18)12-15)20-19(21)8-5-11-22-17-6-3-2-4-7-17/h2-4,6-7,14-16,18H,5,8-13H2,1H3,(H,20,21)/t14-,15-,16-,18-/m1/s1. The van der Waals surface area contributed by atoms with Crippen molar-refractivity contribution in [2.45, 2.75) is 51.5 Å². The highest BCUT2D eigenvalue weighted by atomic mass is 16.5. The van der Waals surface area contributed by atoms with Gasteiger partial charge in [-0.05, 0) is 62.5 Å². The molecule has 2 bridgehead atoms. The van der Waals surface area contributed by atoms with Gasteiger partial charge in [-0.1, -0.05) is 24.6 Å². The number of hydrogen-bond donors (Lipinski definition) is 1. The molecule has 1 N–H and O–H groups in total. The maximum atomic E-state index is 12.1. The summed E-state index contributed by atoms with van der Waals surface area (Å²) in [4.78, 5) is 12.1. The first-order valence-electron chi connectivity index (χ1n) is 8.69. The lowest BCUT2D eigenvalue weighted by Gasteiger charge is -2.28. The Hall–Kier alpha value is -1.51. The van der Waals surface area contributed by atoms with E-state index in [2.05, 4.69) is 12.2 Å². The summed E-state index contributed by atoms with van der Waals surface area (Å²) in [5, 5.41) is 3.21. The molecule has 22 heavy (non-hydrogen) atoms. The van der Waals surface area contributed by atoms with Gasteiger partial charge >= 0.3 is 0 Å². The van der Waals surface area contributed by atoms with Crippen LogP contribution in [-0.4, -0.2) is 18.6 Å². The second-order valence-corrected chi connectivity index (χ2v) is 6.96. The van der Waals surface area contributed by atoms with Crippen LogP contribution in [0.5, 0.6) is 5.75 Å². The number of nitrogens with one attached hydrogen (secondary N) is 1. The van der Waals surface area contributed by atoms with Crippen molar-refractivity contribution in [3.05, 3.63) is 30.3 Å². The Bertz CT molecular complexity index is 487. The molecule has 2 aliphatic rings. The summed E-state index contributed by atoms with van der Waals surface area (Å²) in [6.45, 7) is 2.78. The number of amides is 1. The number of fused-ring (bicyclic) bond motifs is 2. The van der Waals surface area contributed by atoms with E-state index in [1.807, 2.05) is 30.3 Å². The first-order chi connectivity index (χ1) is 10.7. The van der Waals surface area contributed by atoms with Gasteiger partial charge in [0.2, 0.25) is 5.91 Å². The average molecular weight is 301 g/mol. The van der Waals surface area contributed by atoms with Gasteiger partial charge in [0.25, 0.3) is 0 Å². The molecule has 4 atom stereocenters. The summed E-state index contributed by atoms with van der Waals surface area (Å²) in [7, 11) is 0. The van der Waals surface area contributed by atoms with Crippen molar-refractivity contribution in [2.24, 2.45) is 17.8 Å². The zero-order valence-electron chi connectivity index (χ0n) is 13.5. The summed E-state index contributed by atoms with van der Waals surface area (Å²) in [6, 6.07) is 10.1. The van der Waals surface area contributed by atoms with E-state index in [1.54, 1.807) is 0 Å². The number of benzene rings is 1. The fourth-order valence-corrected chi connectivity index (χ4v) is 4.28. The van der Waals surface area contributed by atoms with Gasteiger partial charge in [-0.15, -0.1) is 0 Å². The molecule has 0 spiro atoms. The van der Waals surface area contributed by atoms with E-state index < -0.39 is 0 Å². The first-order valence-corrected chi connectivity index (χ1v) is 8.69. The van der Waals surface area contributed by atoms with E-state index >= 15 is 0 Å². The molecule has 0 unspecified atom stereocenters. The zero-order chi connectivity index (χ0) is 15.4. The predicted octanol–water partition coefficient (Wildman–Crippen LogP) is 3.79. The molecule has 3 nitrogen and oxygen atoms in total. The van der Waals surface area contributed by atoms with E-state index in [0.717, 1.165) is 24.0 Å². The lowest BCUT2D eigenvalue weighted by molar-refractivity contribution is -0.122. The molecule has 1 amide bonds. The van der Waals surface area contributed by atoms with E-state index in [1.165, 1.54) is 25.7 Å². The van der Waals surface area contributed by atoms with Gasteiger partial charge in [0, 0.05) is 12.5 Å². The van der Waals surface area contributed by atoms with Crippen LogP contribution >= 0.6 is 0 Å². The third-order valence-electron chi connectivity index (χ3n) is 5.38. The number of ether oxygens (including phenoxy) is 1. The van der Waals surface area contributed by atoms with Crippen LogP contribution in [0.4, 0.5) is 0 Å². The van der Waals surface area contributed by atoms with Gasteiger partial charge in [-0.2, -0.15) is 0 Å². The second kappa shape index (κ2) is 7.17. The molecule has 2 aliphatic carbocycles. The molecule has 0 heterocycles. The number of rotatable bonds is 7.